The van der Waals surface area contributed by atoms with Gasteiger partial charge in [0.2, 0.25) is 11.8 Å². The number of nitrogens with one attached hydrogen (secondary N) is 2. The highest BCUT2D eigenvalue weighted by atomic mass is 19.1. The fourth-order valence-corrected chi connectivity index (χ4v) is 7.46. The third-order valence-corrected chi connectivity index (χ3v) is 9.78. The van der Waals surface area contributed by atoms with Gasteiger partial charge in [0.1, 0.15) is 17.3 Å². The molecule has 1 saturated heterocycles. The van der Waals surface area contributed by atoms with Crippen LogP contribution in [0.4, 0.5) is 14.9 Å². The van der Waals surface area contributed by atoms with Crippen LogP contribution in [0.15, 0.2) is 54.6 Å². The molecule has 2 aromatic carbocycles. The van der Waals surface area contributed by atoms with E-state index in [4.69, 9.17) is 9.47 Å². The number of alkyl halides is 1. The Kier molecular flexibility index (Phi) is 11.3. The van der Waals surface area contributed by atoms with Crippen LogP contribution in [0.25, 0.3) is 10.9 Å². The summed E-state index contributed by atoms with van der Waals surface area (Å²) in [5.74, 6) is -1.14. The first kappa shape index (κ1) is 35.9. The van der Waals surface area contributed by atoms with Crippen LogP contribution < -0.4 is 10.6 Å². The predicted octanol–water partition coefficient (Wildman–Crippen LogP) is 6.74. The van der Waals surface area contributed by atoms with Crippen molar-refractivity contribution in [1.82, 2.24) is 14.8 Å². The summed E-state index contributed by atoms with van der Waals surface area (Å²) in [7, 11) is 1.80. The van der Waals surface area contributed by atoms with E-state index < -0.39 is 30.4 Å². The van der Waals surface area contributed by atoms with Crippen LogP contribution in [0.2, 0.25) is 0 Å². The quantitative estimate of drug-likeness (QED) is 0.230. The number of nitrogens with zero attached hydrogens (tertiary/aromatic N) is 2. The van der Waals surface area contributed by atoms with Crippen molar-refractivity contribution in [2.75, 3.05) is 25.1 Å². The van der Waals surface area contributed by atoms with Crippen LogP contribution >= 0.6 is 0 Å². The molecule has 2 heterocycles. The molecule has 1 aromatic heterocycles. The molecule has 5 rings (SSSR count). The second kappa shape index (κ2) is 15.4. The monoisotopic (exact) mass is 676 g/mol. The van der Waals surface area contributed by atoms with Crippen molar-refractivity contribution in [3.63, 3.8) is 0 Å². The molecule has 11 heteroatoms. The molecule has 3 atom stereocenters. The number of hydrogen-bond acceptors (Lipinski definition) is 6. The van der Waals surface area contributed by atoms with Crippen LogP contribution in [0, 0.1) is 11.8 Å². The molecule has 2 aliphatic rings. The number of esters is 1. The first-order valence-corrected chi connectivity index (χ1v) is 17.4. The summed E-state index contributed by atoms with van der Waals surface area (Å²) in [5.41, 5.74) is 2.16. The number of aromatic nitrogens is 1. The number of alkyl carbamates (subject to hydrolysis) is 1. The molecule has 264 valence electrons. The number of halogens is 1. The van der Waals surface area contributed by atoms with Gasteiger partial charge in [0.05, 0.1) is 13.3 Å². The molecule has 1 saturated carbocycles. The largest absolute Gasteiger partial charge is 0.461 e. The van der Waals surface area contributed by atoms with Crippen LogP contribution in [-0.2, 0) is 26.1 Å². The van der Waals surface area contributed by atoms with E-state index in [1.54, 1.807) is 56.3 Å². The maximum Gasteiger partial charge on any atom is 0.407 e. The summed E-state index contributed by atoms with van der Waals surface area (Å²) in [5, 5.41) is 6.72. The zero-order valence-electron chi connectivity index (χ0n) is 29.2. The number of carbonyl (C=O) groups is 4. The Hall–Kier alpha value is -4.41. The van der Waals surface area contributed by atoms with Crippen molar-refractivity contribution < 1.29 is 33.0 Å². The lowest BCUT2D eigenvalue weighted by Gasteiger charge is -2.36. The minimum absolute atomic E-state index is 0.0271. The van der Waals surface area contributed by atoms with E-state index in [-0.39, 0.29) is 48.6 Å². The summed E-state index contributed by atoms with van der Waals surface area (Å²) in [6.45, 7) is 7.28. The van der Waals surface area contributed by atoms with E-state index in [9.17, 15) is 23.6 Å². The molecule has 0 spiro atoms. The average molecular weight is 677 g/mol. The highest BCUT2D eigenvalue weighted by Gasteiger charge is 2.45. The van der Waals surface area contributed by atoms with Gasteiger partial charge < -0.3 is 29.6 Å². The lowest BCUT2D eigenvalue weighted by molar-refractivity contribution is -0.141. The zero-order valence-corrected chi connectivity index (χ0v) is 29.2. The van der Waals surface area contributed by atoms with E-state index in [2.05, 4.69) is 10.6 Å². The number of ether oxygens (including phenoxy) is 2. The van der Waals surface area contributed by atoms with Gasteiger partial charge in [-0.15, -0.1) is 0 Å². The first-order valence-electron chi connectivity index (χ1n) is 17.4. The molecule has 0 radical (unpaired) electrons. The maximum atomic E-state index is 14.2. The Bertz CT molecular complexity index is 1640. The minimum Gasteiger partial charge on any atom is -0.461 e. The third-order valence-electron chi connectivity index (χ3n) is 9.78. The van der Waals surface area contributed by atoms with Gasteiger partial charge in [-0.25, -0.2) is 9.59 Å². The summed E-state index contributed by atoms with van der Waals surface area (Å²) >= 11 is 0. The highest BCUT2D eigenvalue weighted by Crippen LogP contribution is 2.39. The van der Waals surface area contributed by atoms with Crippen LogP contribution in [0.1, 0.15) is 88.2 Å². The number of fused-ring (bicyclic) bond motifs is 1. The molecule has 3 amide bonds. The number of aryl methyl sites for hydroxylation is 1. The average Bonchev–Trinajstić information content (AvgIpc) is 3.65. The Morgan fingerprint density at radius 1 is 0.980 bits per heavy atom. The topological polar surface area (TPSA) is 119 Å². The molecule has 1 aliphatic heterocycles. The molecule has 10 nitrogen and oxygen atoms in total. The van der Waals surface area contributed by atoms with Crippen molar-refractivity contribution in [3.05, 3.63) is 65.9 Å². The normalized spacial score (nSPS) is 21.6. The molecule has 2 N–H and O–H groups in total. The van der Waals surface area contributed by atoms with E-state index in [0.29, 0.717) is 50.0 Å². The molecular weight excluding hydrogens is 627 g/mol. The van der Waals surface area contributed by atoms with Gasteiger partial charge in [-0.2, -0.15) is 0 Å². The van der Waals surface area contributed by atoms with Gasteiger partial charge in [-0.05, 0) is 102 Å². The van der Waals surface area contributed by atoms with Crippen molar-refractivity contribution in [2.45, 2.75) is 89.8 Å². The predicted molar refractivity (Wildman–Crippen MR) is 186 cm³/mol. The van der Waals surface area contributed by atoms with Gasteiger partial charge >= 0.3 is 12.1 Å². The minimum atomic E-state index is -0.706. The summed E-state index contributed by atoms with van der Waals surface area (Å²) in [4.78, 5) is 55.0. The smallest absolute Gasteiger partial charge is 0.407 e. The van der Waals surface area contributed by atoms with Crippen LogP contribution in [0.3, 0.4) is 0 Å². The second-order valence-electron chi connectivity index (χ2n) is 14.2. The molecule has 3 aromatic rings. The van der Waals surface area contributed by atoms with Gasteiger partial charge in [0.15, 0.2) is 0 Å². The Labute approximate surface area is 287 Å². The number of rotatable bonds is 10. The Morgan fingerprint density at radius 3 is 2.35 bits per heavy atom. The van der Waals surface area contributed by atoms with E-state index >= 15 is 0 Å². The summed E-state index contributed by atoms with van der Waals surface area (Å²) in [6.07, 6.45) is 2.79. The van der Waals surface area contributed by atoms with Crippen molar-refractivity contribution in [1.29, 1.82) is 0 Å². The van der Waals surface area contributed by atoms with Crippen molar-refractivity contribution >= 4 is 40.5 Å². The number of anilines is 1. The zero-order chi connectivity index (χ0) is 35.3. The van der Waals surface area contributed by atoms with Crippen molar-refractivity contribution in [2.24, 2.45) is 18.9 Å². The molecular formula is C38H49FN4O6. The number of benzene rings is 2. The highest BCUT2D eigenvalue weighted by molar-refractivity contribution is 6.01. The number of amides is 3. The third kappa shape index (κ3) is 8.43. The number of likely N-dealkylation sites (tertiary alicyclic amines) is 1. The Morgan fingerprint density at radius 2 is 1.69 bits per heavy atom. The van der Waals surface area contributed by atoms with Crippen molar-refractivity contribution in [3.8, 4) is 0 Å². The number of hydrogen-bond donors (Lipinski definition) is 2. The van der Waals surface area contributed by atoms with Gasteiger partial charge in [-0.3, -0.25) is 14.0 Å². The summed E-state index contributed by atoms with van der Waals surface area (Å²) < 4.78 is 25.9. The molecule has 2 fully saturated rings. The van der Waals surface area contributed by atoms with E-state index in [1.807, 2.05) is 42.5 Å². The maximum absolute atomic E-state index is 14.2. The van der Waals surface area contributed by atoms with Gasteiger partial charge in [-0.1, -0.05) is 30.3 Å². The van der Waals surface area contributed by atoms with Gasteiger partial charge in [0, 0.05) is 48.1 Å². The fourth-order valence-electron chi connectivity index (χ4n) is 7.46. The second-order valence-corrected chi connectivity index (χ2v) is 14.2. The van der Waals surface area contributed by atoms with E-state index in [0.717, 1.165) is 16.5 Å². The fraction of sp³-hybridized carbons (Fsp3) is 0.526. The summed E-state index contributed by atoms with van der Waals surface area (Å²) in [6, 6.07) is 16.0. The van der Waals surface area contributed by atoms with Crippen LogP contribution in [-0.4, -0.2) is 70.9 Å². The first-order chi connectivity index (χ1) is 23.4. The lowest BCUT2D eigenvalue weighted by Crippen LogP contribution is -2.49. The SMILES string of the molecule is CCOC(=O)c1cc2cc(NC(=O)[C@@H]3[C@H](c4ccccc4)CCN3C(=O)[C@H]3CC[C@H]([C@@H](CCF)NC(=O)OC(C)(C)C)CC3)ccc2n1C. The molecule has 1 aliphatic carbocycles. The standard InChI is InChI=1S/C38H49FN4O6/c1-6-48-36(46)32-23-27-22-28(16-17-31(27)42(32)5)40-34(44)33-29(24-10-8-7-9-11-24)19-21-43(33)35(45)26-14-12-25(13-15-26)30(18-20-39)41-37(47)49-38(2,3)4/h7-11,16-17,22-23,25-26,29-30,33H,6,12-15,18-21H2,1-5H3,(H,40,44)(H,41,47)/t25-,26-,29-,30+,33-/m0/s1. The molecule has 49 heavy (non-hydrogen) atoms. The van der Waals surface area contributed by atoms with Crippen LogP contribution in [0.5, 0.6) is 0 Å². The molecule has 0 bridgehead atoms. The van der Waals surface area contributed by atoms with E-state index in [1.165, 1.54) is 0 Å². The molecule has 0 unspecified atom stereocenters. The lowest BCUT2D eigenvalue weighted by atomic mass is 9.77. The Balaban J connectivity index is 1.31. The number of carbonyl (C=O) groups excluding carboxylic acids is 4. The van der Waals surface area contributed by atoms with Gasteiger partial charge in [0.25, 0.3) is 0 Å².